The van der Waals surface area contributed by atoms with Crippen LogP contribution in [0.2, 0.25) is 0 Å². The van der Waals surface area contributed by atoms with Gasteiger partial charge in [0.1, 0.15) is 12.9 Å². The third-order valence-corrected chi connectivity index (χ3v) is 5.56. The first-order chi connectivity index (χ1) is 17.8. The number of thioether (sulfide) groups is 1. The SMILES string of the molecule is COc1cc(/C=N/NC(=O)Cn2ncn(-c3ccccc3)c2=O)ccc1OC(=O)/C=C1\SC(=O)NC1=O. The van der Waals surface area contributed by atoms with Crippen LogP contribution < -0.4 is 25.9 Å². The fourth-order valence-electron chi connectivity index (χ4n) is 3.08. The average molecular weight is 522 g/mol. The lowest BCUT2D eigenvalue weighted by Gasteiger charge is -2.08. The number of hydrogen-bond acceptors (Lipinski definition) is 10. The molecule has 1 aromatic heterocycles. The van der Waals surface area contributed by atoms with Gasteiger partial charge in [0.05, 0.1) is 23.9 Å². The summed E-state index contributed by atoms with van der Waals surface area (Å²) in [4.78, 5) is 59.4. The molecular weight excluding hydrogens is 504 g/mol. The molecule has 14 heteroatoms. The van der Waals surface area contributed by atoms with E-state index in [9.17, 15) is 24.0 Å². The number of aromatic nitrogens is 3. The van der Waals surface area contributed by atoms with Crippen LogP contribution in [0.25, 0.3) is 5.69 Å². The lowest BCUT2D eigenvalue weighted by molar-refractivity contribution is -0.129. The highest BCUT2D eigenvalue weighted by molar-refractivity contribution is 8.18. The van der Waals surface area contributed by atoms with Crippen molar-refractivity contribution >= 4 is 41.0 Å². The second kappa shape index (κ2) is 11.2. The van der Waals surface area contributed by atoms with E-state index < -0.39 is 28.7 Å². The molecule has 0 aliphatic carbocycles. The molecule has 188 valence electrons. The minimum Gasteiger partial charge on any atom is -0.493 e. The number of ether oxygens (including phenoxy) is 2. The number of nitrogens with one attached hydrogen (secondary N) is 2. The summed E-state index contributed by atoms with van der Waals surface area (Å²) >= 11 is 0.591. The Kier molecular flexibility index (Phi) is 7.59. The number of para-hydroxylation sites is 1. The molecule has 1 aliphatic heterocycles. The number of imide groups is 1. The smallest absolute Gasteiger partial charge is 0.350 e. The van der Waals surface area contributed by atoms with E-state index in [0.717, 1.165) is 10.8 Å². The number of methoxy groups -OCH3 is 1. The standard InChI is InChI=1S/C23H18N6O7S/c1-35-17-9-14(7-8-16(17)36-20(31)10-18-21(32)26-22(33)37-18)11-24-27-19(30)12-29-23(34)28(13-25-29)15-5-3-2-4-6-15/h2-11,13H,12H2,1H3,(H,27,30)(H,26,32,33)/b18-10-,24-11+. The van der Waals surface area contributed by atoms with Gasteiger partial charge in [-0.1, -0.05) is 18.2 Å². The molecule has 4 rings (SSSR count). The molecule has 2 heterocycles. The van der Waals surface area contributed by atoms with Crippen molar-refractivity contribution in [3.05, 3.63) is 81.9 Å². The van der Waals surface area contributed by atoms with Gasteiger partial charge < -0.3 is 9.47 Å². The Morgan fingerprint density at radius 3 is 2.62 bits per heavy atom. The lowest BCUT2D eigenvalue weighted by Crippen LogP contribution is -2.31. The number of benzene rings is 2. The van der Waals surface area contributed by atoms with E-state index >= 15 is 0 Å². The highest BCUT2D eigenvalue weighted by Gasteiger charge is 2.26. The Morgan fingerprint density at radius 1 is 1.14 bits per heavy atom. The minimum atomic E-state index is -0.871. The number of esters is 1. The van der Waals surface area contributed by atoms with Crippen molar-refractivity contribution in [2.75, 3.05) is 7.11 Å². The van der Waals surface area contributed by atoms with Gasteiger partial charge in [0, 0.05) is 6.08 Å². The molecule has 0 radical (unpaired) electrons. The topological polar surface area (TPSA) is 163 Å². The van der Waals surface area contributed by atoms with Gasteiger partial charge in [-0.25, -0.2) is 24.3 Å². The molecule has 1 aliphatic rings. The van der Waals surface area contributed by atoms with Crippen LogP contribution in [0.4, 0.5) is 4.79 Å². The quantitative estimate of drug-likeness (QED) is 0.144. The summed E-state index contributed by atoms with van der Waals surface area (Å²) in [6, 6.07) is 13.3. The first-order valence-electron chi connectivity index (χ1n) is 10.5. The third-order valence-electron chi connectivity index (χ3n) is 4.75. The maximum absolute atomic E-state index is 12.5. The third kappa shape index (κ3) is 6.18. The lowest BCUT2D eigenvalue weighted by atomic mass is 10.2. The van der Waals surface area contributed by atoms with E-state index in [1.165, 1.54) is 36.4 Å². The van der Waals surface area contributed by atoms with E-state index in [1.54, 1.807) is 30.3 Å². The molecule has 37 heavy (non-hydrogen) atoms. The molecule has 1 saturated heterocycles. The van der Waals surface area contributed by atoms with E-state index in [1.807, 2.05) is 11.4 Å². The monoisotopic (exact) mass is 522 g/mol. The first-order valence-corrected chi connectivity index (χ1v) is 11.3. The van der Waals surface area contributed by atoms with Crippen molar-refractivity contribution in [3.63, 3.8) is 0 Å². The van der Waals surface area contributed by atoms with Gasteiger partial charge in [-0.15, -0.1) is 0 Å². The molecule has 0 spiro atoms. The zero-order valence-electron chi connectivity index (χ0n) is 19.1. The Balaban J connectivity index is 1.35. The predicted octanol–water partition coefficient (Wildman–Crippen LogP) is 0.965. The maximum atomic E-state index is 12.5. The summed E-state index contributed by atoms with van der Waals surface area (Å²) in [6.45, 7) is -0.342. The number of amides is 3. The van der Waals surface area contributed by atoms with Gasteiger partial charge in [-0.2, -0.15) is 10.2 Å². The Morgan fingerprint density at radius 2 is 1.92 bits per heavy atom. The zero-order chi connectivity index (χ0) is 26.4. The van der Waals surface area contributed by atoms with Crippen LogP contribution in [0.3, 0.4) is 0 Å². The zero-order valence-corrected chi connectivity index (χ0v) is 19.9. The molecule has 13 nitrogen and oxygen atoms in total. The van der Waals surface area contributed by atoms with Crippen LogP contribution in [-0.4, -0.2) is 50.7 Å². The van der Waals surface area contributed by atoms with E-state index in [4.69, 9.17) is 9.47 Å². The van der Waals surface area contributed by atoms with E-state index in [0.29, 0.717) is 23.0 Å². The predicted molar refractivity (Wildman–Crippen MR) is 131 cm³/mol. The van der Waals surface area contributed by atoms with Gasteiger partial charge in [0.2, 0.25) is 0 Å². The second-order valence-electron chi connectivity index (χ2n) is 7.25. The van der Waals surface area contributed by atoms with Crippen molar-refractivity contribution in [3.8, 4) is 17.2 Å². The fourth-order valence-corrected chi connectivity index (χ4v) is 3.72. The van der Waals surface area contributed by atoms with Crippen molar-refractivity contribution < 1.29 is 28.7 Å². The van der Waals surface area contributed by atoms with Crippen LogP contribution in [0.5, 0.6) is 11.5 Å². The first kappa shape index (κ1) is 25.1. The summed E-state index contributed by atoms with van der Waals surface area (Å²) < 4.78 is 12.7. The van der Waals surface area contributed by atoms with E-state index in [-0.39, 0.29) is 22.9 Å². The van der Waals surface area contributed by atoms with Crippen LogP contribution in [0.15, 0.2) is 75.7 Å². The van der Waals surface area contributed by atoms with Gasteiger partial charge in [-0.3, -0.25) is 19.7 Å². The molecule has 1 fully saturated rings. The normalized spacial score (nSPS) is 14.1. The number of hydrazone groups is 1. The number of nitrogens with zero attached hydrogens (tertiary/aromatic N) is 4. The second-order valence-corrected chi connectivity index (χ2v) is 8.27. The molecule has 3 amide bonds. The fraction of sp³-hybridized carbons (Fsp3) is 0.0870. The van der Waals surface area contributed by atoms with Crippen molar-refractivity contribution in [1.29, 1.82) is 0 Å². The minimum absolute atomic E-state index is 0.0636. The molecule has 2 N–H and O–H groups in total. The Bertz CT molecular complexity index is 1490. The van der Waals surface area contributed by atoms with Gasteiger partial charge in [0.25, 0.3) is 17.1 Å². The molecular formula is C23H18N6O7S. The van der Waals surface area contributed by atoms with E-state index in [2.05, 4.69) is 15.6 Å². The number of hydrogen-bond donors (Lipinski definition) is 2. The van der Waals surface area contributed by atoms with Crippen LogP contribution in [0.1, 0.15) is 5.56 Å². The summed E-state index contributed by atoms with van der Waals surface area (Å²) in [7, 11) is 1.36. The van der Waals surface area contributed by atoms with Crippen molar-refractivity contribution in [2.24, 2.45) is 5.10 Å². The largest absolute Gasteiger partial charge is 0.493 e. The molecule has 3 aromatic rings. The molecule has 0 atom stereocenters. The number of carbonyl (C=O) groups is 4. The van der Waals surface area contributed by atoms with Gasteiger partial charge in [0.15, 0.2) is 11.5 Å². The number of carbonyl (C=O) groups excluding carboxylic acids is 4. The summed E-state index contributed by atoms with van der Waals surface area (Å²) in [5.41, 5.74) is 2.95. The molecule has 2 aromatic carbocycles. The van der Waals surface area contributed by atoms with Gasteiger partial charge in [-0.05, 0) is 47.7 Å². The maximum Gasteiger partial charge on any atom is 0.350 e. The highest BCUT2D eigenvalue weighted by Crippen LogP contribution is 2.29. The van der Waals surface area contributed by atoms with Gasteiger partial charge >= 0.3 is 11.7 Å². The number of rotatable bonds is 8. The summed E-state index contributed by atoms with van der Waals surface area (Å²) in [5.74, 6) is -1.88. The van der Waals surface area contributed by atoms with Crippen molar-refractivity contribution in [2.45, 2.75) is 6.54 Å². The molecule has 0 unspecified atom stereocenters. The molecule has 0 saturated carbocycles. The van der Waals surface area contributed by atoms with Crippen LogP contribution in [0, 0.1) is 0 Å². The molecule has 0 bridgehead atoms. The van der Waals surface area contributed by atoms with Crippen molar-refractivity contribution in [1.82, 2.24) is 25.1 Å². The summed E-state index contributed by atoms with van der Waals surface area (Å²) in [5, 5.41) is 9.26. The van der Waals surface area contributed by atoms with Crippen LogP contribution >= 0.6 is 11.8 Å². The Labute approximate surface area is 212 Å². The highest BCUT2D eigenvalue weighted by atomic mass is 32.2. The summed E-state index contributed by atoms with van der Waals surface area (Å²) in [6.07, 6.45) is 3.56. The van der Waals surface area contributed by atoms with Crippen LogP contribution in [-0.2, 0) is 20.9 Å². The average Bonchev–Trinajstić information content (AvgIpc) is 3.40. The Hall–Kier alpha value is -4.98.